The molecular weight excluding hydrogens is 326 g/mol. The SMILES string of the molecule is NC1CCCN(S(=O)(=O)c2ccc(OC(F)F)c(Cl)c2)C1. The van der Waals surface area contributed by atoms with Gasteiger partial charge in [0, 0.05) is 19.1 Å². The number of nitrogens with two attached hydrogens (primary N) is 1. The minimum Gasteiger partial charge on any atom is -0.433 e. The van der Waals surface area contributed by atoms with E-state index >= 15 is 0 Å². The smallest absolute Gasteiger partial charge is 0.387 e. The number of rotatable bonds is 4. The Morgan fingerprint density at radius 1 is 1.43 bits per heavy atom. The van der Waals surface area contributed by atoms with E-state index in [9.17, 15) is 17.2 Å². The normalized spacial score (nSPS) is 20.7. The average molecular weight is 341 g/mol. The lowest BCUT2D eigenvalue weighted by Gasteiger charge is -2.29. The predicted octanol–water partition coefficient (Wildman–Crippen LogP) is 2.05. The average Bonchev–Trinajstić information content (AvgIpc) is 2.40. The molecule has 1 fully saturated rings. The van der Waals surface area contributed by atoms with Crippen LogP contribution in [-0.4, -0.2) is 38.5 Å². The Hall–Kier alpha value is -0.960. The zero-order valence-electron chi connectivity index (χ0n) is 11.0. The molecule has 1 aliphatic heterocycles. The number of hydrogen-bond donors (Lipinski definition) is 1. The highest BCUT2D eigenvalue weighted by Gasteiger charge is 2.29. The fraction of sp³-hybridized carbons (Fsp3) is 0.500. The quantitative estimate of drug-likeness (QED) is 0.910. The fourth-order valence-corrected chi connectivity index (χ4v) is 4.03. The van der Waals surface area contributed by atoms with E-state index in [1.165, 1.54) is 10.4 Å². The van der Waals surface area contributed by atoms with Crippen LogP contribution in [0.1, 0.15) is 12.8 Å². The standard InChI is InChI=1S/C12H15ClF2N2O3S/c13-10-6-9(3-4-11(10)20-12(14)15)21(18,19)17-5-1-2-8(16)7-17/h3-4,6,8,12H,1-2,5,7,16H2. The minimum atomic E-state index is -3.74. The second kappa shape index (κ2) is 6.43. The van der Waals surface area contributed by atoms with Crippen LogP contribution in [0, 0.1) is 0 Å². The Labute approximate surface area is 126 Å². The molecule has 0 aliphatic carbocycles. The van der Waals surface area contributed by atoms with Gasteiger partial charge in [-0.15, -0.1) is 0 Å². The van der Waals surface area contributed by atoms with Gasteiger partial charge in [0.25, 0.3) is 0 Å². The lowest BCUT2D eigenvalue weighted by Crippen LogP contribution is -2.45. The number of nitrogens with zero attached hydrogens (tertiary/aromatic N) is 1. The molecule has 0 radical (unpaired) electrons. The molecule has 1 unspecified atom stereocenters. The Balaban J connectivity index is 2.26. The van der Waals surface area contributed by atoms with Crippen molar-refractivity contribution >= 4 is 21.6 Å². The van der Waals surface area contributed by atoms with Crippen molar-refractivity contribution in [2.45, 2.75) is 30.4 Å². The molecule has 0 saturated carbocycles. The van der Waals surface area contributed by atoms with Crippen LogP contribution in [0.3, 0.4) is 0 Å². The molecule has 9 heteroatoms. The van der Waals surface area contributed by atoms with Crippen molar-refractivity contribution in [2.24, 2.45) is 5.73 Å². The van der Waals surface area contributed by atoms with Crippen molar-refractivity contribution in [3.05, 3.63) is 23.2 Å². The highest BCUT2D eigenvalue weighted by Crippen LogP contribution is 2.30. The number of benzene rings is 1. The van der Waals surface area contributed by atoms with E-state index in [0.29, 0.717) is 13.0 Å². The van der Waals surface area contributed by atoms with Crippen LogP contribution in [0.15, 0.2) is 23.1 Å². The molecule has 1 heterocycles. The van der Waals surface area contributed by atoms with Crippen LogP contribution in [0.5, 0.6) is 5.75 Å². The van der Waals surface area contributed by atoms with Gasteiger partial charge in [-0.2, -0.15) is 13.1 Å². The summed E-state index contributed by atoms with van der Waals surface area (Å²) in [5.41, 5.74) is 5.77. The summed E-state index contributed by atoms with van der Waals surface area (Å²) < 4.78 is 54.6. The summed E-state index contributed by atoms with van der Waals surface area (Å²) in [7, 11) is -3.74. The van der Waals surface area contributed by atoms with E-state index in [4.69, 9.17) is 17.3 Å². The summed E-state index contributed by atoms with van der Waals surface area (Å²) in [6.45, 7) is -2.41. The molecule has 1 aliphatic rings. The van der Waals surface area contributed by atoms with Crippen molar-refractivity contribution in [1.29, 1.82) is 0 Å². The van der Waals surface area contributed by atoms with Crippen molar-refractivity contribution in [1.82, 2.24) is 4.31 Å². The van der Waals surface area contributed by atoms with Gasteiger partial charge in [0.2, 0.25) is 10.0 Å². The summed E-state index contributed by atoms with van der Waals surface area (Å²) in [6, 6.07) is 3.21. The largest absolute Gasteiger partial charge is 0.433 e. The Kier molecular flexibility index (Phi) is 5.03. The zero-order valence-corrected chi connectivity index (χ0v) is 12.6. The first-order chi connectivity index (χ1) is 9.80. The molecule has 2 N–H and O–H groups in total. The lowest BCUT2D eigenvalue weighted by atomic mass is 10.1. The minimum absolute atomic E-state index is 0.0665. The third-order valence-corrected chi connectivity index (χ3v) is 5.33. The molecule has 118 valence electrons. The van der Waals surface area contributed by atoms with E-state index in [2.05, 4.69) is 4.74 Å². The number of sulfonamides is 1. The van der Waals surface area contributed by atoms with Gasteiger partial charge in [-0.3, -0.25) is 0 Å². The Morgan fingerprint density at radius 2 is 2.14 bits per heavy atom. The van der Waals surface area contributed by atoms with E-state index < -0.39 is 16.6 Å². The second-order valence-corrected chi connectivity index (χ2v) is 7.08. The van der Waals surface area contributed by atoms with Crippen LogP contribution in [0.4, 0.5) is 8.78 Å². The molecule has 0 bridgehead atoms. The van der Waals surface area contributed by atoms with Crippen LogP contribution >= 0.6 is 11.6 Å². The van der Waals surface area contributed by atoms with Gasteiger partial charge >= 0.3 is 6.61 Å². The number of alkyl halides is 2. The van der Waals surface area contributed by atoms with Gasteiger partial charge in [-0.1, -0.05) is 11.6 Å². The van der Waals surface area contributed by atoms with E-state index in [-0.39, 0.29) is 28.3 Å². The molecule has 5 nitrogen and oxygen atoms in total. The van der Waals surface area contributed by atoms with Gasteiger partial charge in [0.1, 0.15) is 5.75 Å². The van der Waals surface area contributed by atoms with Crippen molar-refractivity contribution in [3.63, 3.8) is 0 Å². The lowest BCUT2D eigenvalue weighted by molar-refractivity contribution is -0.0498. The Bertz CT molecular complexity index is 613. The monoisotopic (exact) mass is 340 g/mol. The maximum Gasteiger partial charge on any atom is 0.387 e. The third-order valence-electron chi connectivity index (χ3n) is 3.18. The highest BCUT2D eigenvalue weighted by atomic mass is 35.5. The molecule has 1 aromatic carbocycles. The number of ether oxygens (including phenoxy) is 1. The third kappa shape index (κ3) is 3.82. The van der Waals surface area contributed by atoms with Crippen molar-refractivity contribution < 1.29 is 21.9 Å². The highest BCUT2D eigenvalue weighted by molar-refractivity contribution is 7.89. The first-order valence-corrected chi connectivity index (χ1v) is 8.12. The molecule has 21 heavy (non-hydrogen) atoms. The molecule has 0 amide bonds. The van der Waals surface area contributed by atoms with Crippen LogP contribution < -0.4 is 10.5 Å². The van der Waals surface area contributed by atoms with E-state index in [1.54, 1.807) is 0 Å². The molecule has 0 spiro atoms. The maximum atomic E-state index is 12.4. The van der Waals surface area contributed by atoms with Crippen LogP contribution in [-0.2, 0) is 10.0 Å². The first kappa shape index (κ1) is 16.4. The number of piperidine rings is 1. The molecule has 0 aromatic heterocycles. The van der Waals surface area contributed by atoms with Gasteiger partial charge in [0.05, 0.1) is 9.92 Å². The van der Waals surface area contributed by atoms with E-state index in [0.717, 1.165) is 18.6 Å². The summed E-state index contributed by atoms with van der Waals surface area (Å²) in [5, 5.41) is -0.183. The van der Waals surface area contributed by atoms with Crippen molar-refractivity contribution in [3.8, 4) is 5.75 Å². The molecule has 1 saturated heterocycles. The summed E-state index contributed by atoms with van der Waals surface area (Å²) in [4.78, 5) is -0.0665. The topological polar surface area (TPSA) is 72.6 Å². The molecule has 1 aromatic rings. The van der Waals surface area contributed by atoms with Gasteiger partial charge in [-0.25, -0.2) is 8.42 Å². The van der Waals surface area contributed by atoms with Crippen LogP contribution in [0.25, 0.3) is 0 Å². The second-order valence-electron chi connectivity index (χ2n) is 4.74. The molecule has 2 rings (SSSR count). The first-order valence-electron chi connectivity index (χ1n) is 6.31. The summed E-state index contributed by atoms with van der Waals surface area (Å²) in [5.74, 6) is -0.263. The molecular formula is C12H15ClF2N2O3S. The zero-order chi connectivity index (χ0) is 15.6. The fourth-order valence-electron chi connectivity index (χ4n) is 2.17. The van der Waals surface area contributed by atoms with Gasteiger partial charge < -0.3 is 10.5 Å². The van der Waals surface area contributed by atoms with Gasteiger partial charge in [0.15, 0.2) is 0 Å². The van der Waals surface area contributed by atoms with E-state index in [1.807, 2.05) is 0 Å². The molecule has 1 atom stereocenters. The van der Waals surface area contributed by atoms with Crippen molar-refractivity contribution in [2.75, 3.05) is 13.1 Å². The number of halogens is 3. The van der Waals surface area contributed by atoms with Gasteiger partial charge in [-0.05, 0) is 31.0 Å². The summed E-state index contributed by atoms with van der Waals surface area (Å²) in [6.07, 6.45) is 1.45. The predicted molar refractivity (Wildman–Crippen MR) is 74.1 cm³/mol. The van der Waals surface area contributed by atoms with Crippen LogP contribution in [0.2, 0.25) is 5.02 Å². The maximum absolute atomic E-state index is 12.4. The Morgan fingerprint density at radius 3 is 2.71 bits per heavy atom. The number of hydrogen-bond acceptors (Lipinski definition) is 4. The summed E-state index contributed by atoms with van der Waals surface area (Å²) >= 11 is 5.78.